The minimum Gasteiger partial charge on any atom is -0.319 e. The first kappa shape index (κ1) is 14.2. The number of hydrogen-bond acceptors (Lipinski definition) is 3. The van der Waals surface area contributed by atoms with Crippen molar-refractivity contribution in [3.63, 3.8) is 0 Å². The second-order valence-electron chi connectivity index (χ2n) is 5.39. The third-order valence-electron chi connectivity index (χ3n) is 3.66. The van der Waals surface area contributed by atoms with Gasteiger partial charge in [-0.15, -0.1) is 11.3 Å². The van der Waals surface area contributed by atoms with E-state index in [-0.39, 0.29) is 0 Å². The molecule has 1 atom stereocenters. The van der Waals surface area contributed by atoms with Crippen molar-refractivity contribution >= 4 is 21.6 Å². The van der Waals surface area contributed by atoms with Crippen molar-refractivity contribution in [2.75, 3.05) is 13.6 Å². The van der Waals surface area contributed by atoms with E-state index < -0.39 is 0 Å². The average molecular weight is 296 g/mol. The molecule has 3 rings (SSSR count). The van der Waals surface area contributed by atoms with Crippen LogP contribution in [0.15, 0.2) is 54.6 Å². The fourth-order valence-electron chi connectivity index (χ4n) is 2.71. The smallest absolute Gasteiger partial charge is 0.0941 e. The number of benzene rings is 2. The Kier molecular flexibility index (Phi) is 4.63. The summed E-state index contributed by atoms with van der Waals surface area (Å²) in [6.45, 7) is 1.02. The Bertz CT molecular complexity index is 658. The molecule has 0 aliphatic rings. The Morgan fingerprint density at radius 3 is 2.52 bits per heavy atom. The van der Waals surface area contributed by atoms with Crippen molar-refractivity contribution in [1.82, 2.24) is 10.3 Å². The standard InChI is InChI=1S/C18H20N2S/c1-19-13-15(11-14-7-3-2-4-8-14)12-18-20-16-9-5-6-10-17(16)21-18/h2-10,15,19H,11-13H2,1H3. The van der Waals surface area contributed by atoms with Crippen LogP contribution in [0.4, 0.5) is 0 Å². The topological polar surface area (TPSA) is 24.9 Å². The van der Waals surface area contributed by atoms with Gasteiger partial charge in [-0.2, -0.15) is 0 Å². The molecule has 1 unspecified atom stereocenters. The van der Waals surface area contributed by atoms with Gasteiger partial charge in [0.1, 0.15) is 0 Å². The van der Waals surface area contributed by atoms with Gasteiger partial charge in [0, 0.05) is 6.42 Å². The van der Waals surface area contributed by atoms with E-state index >= 15 is 0 Å². The minimum absolute atomic E-state index is 0.581. The van der Waals surface area contributed by atoms with Crippen LogP contribution in [-0.4, -0.2) is 18.6 Å². The van der Waals surface area contributed by atoms with E-state index in [0.29, 0.717) is 5.92 Å². The third-order valence-corrected chi connectivity index (χ3v) is 4.72. The fraction of sp³-hybridized carbons (Fsp3) is 0.278. The predicted octanol–water partition coefficient (Wildman–Crippen LogP) is 3.92. The van der Waals surface area contributed by atoms with Crippen molar-refractivity contribution in [1.29, 1.82) is 0 Å². The molecule has 108 valence electrons. The molecule has 2 aromatic carbocycles. The van der Waals surface area contributed by atoms with Crippen LogP contribution in [0.3, 0.4) is 0 Å². The number of thiazole rings is 1. The average Bonchev–Trinajstić information content (AvgIpc) is 2.90. The van der Waals surface area contributed by atoms with Crippen molar-refractivity contribution in [3.8, 4) is 0 Å². The van der Waals surface area contributed by atoms with Gasteiger partial charge in [0.25, 0.3) is 0 Å². The molecule has 0 aliphatic heterocycles. The molecular formula is C18H20N2S. The van der Waals surface area contributed by atoms with Gasteiger partial charge in [-0.3, -0.25) is 0 Å². The maximum absolute atomic E-state index is 4.77. The summed E-state index contributed by atoms with van der Waals surface area (Å²) in [5.74, 6) is 0.581. The van der Waals surface area contributed by atoms with E-state index in [1.165, 1.54) is 15.3 Å². The Morgan fingerprint density at radius 1 is 1.00 bits per heavy atom. The molecule has 1 aromatic heterocycles. The first-order valence-electron chi connectivity index (χ1n) is 7.38. The summed E-state index contributed by atoms with van der Waals surface area (Å²) in [6.07, 6.45) is 2.13. The number of nitrogens with zero attached hydrogens (tertiary/aromatic N) is 1. The van der Waals surface area contributed by atoms with E-state index in [0.717, 1.165) is 24.9 Å². The van der Waals surface area contributed by atoms with Gasteiger partial charge in [0.15, 0.2) is 0 Å². The van der Waals surface area contributed by atoms with Gasteiger partial charge >= 0.3 is 0 Å². The molecule has 2 nitrogen and oxygen atoms in total. The lowest BCUT2D eigenvalue weighted by atomic mass is 9.96. The lowest BCUT2D eigenvalue weighted by molar-refractivity contribution is 0.492. The molecule has 0 spiro atoms. The Balaban J connectivity index is 1.75. The van der Waals surface area contributed by atoms with E-state index in [4.69, 9.17) is 4.98 Å². The lowest BCUT2D eigenvalue weighted by Gasteiger charge is -2.15. The molecule has 0 aliphatic carbocycles. The molecule has 0 saturated carbocycles. The maximum Gasteiger partial charge on any atom is 0.0941 e. The van der Waals surface area contributed by atoms with Gasteiger partial charge < -0.3 is 5.32 Å². The van der Waals surface area contributed by atoms with Crippen LogP contribution in [0.25, 0.3) is 10.2 Å². The molecule has 21 heavy (non-hydrogen) atoms. The Morgan fingerprint density at radius 2 is 1.76 bits per heavy atom. The Hall–Kier alpha value is -1.71. The SMILES string of the molecule is CNCC(Cc1ccccc1)Cc1nc2ccccc2s1. The van der Waals surface area contributed by atoms with Crippen LogP contribution in [-0.2, 0) is 12.8 Å². The molecule has 3 aromatic rings. The number of aromatic nitrogens is 1. The Labute approximate surface area is 129 Å². The van der Waals surface area contributed by atoms with Crippen LogP contribution >= 0.6 is 11.3 Å². The van der Waals surface area contributed by atoms with Crippen LogP contribution < -0.4 is 5.32 Å². The molecular weight excluding hydrogens is 276 g/mol. The highest BCUT2D eigenvalue weighted by Gasteiger charge is 2.13. The molecule has 0 amide bonds. The van der Waals surface area contributed by atoms with Gasteiger partial charge in [-0.1, -0.05) is 42.5 Å². The van der Waals surface area contributed by atoms with Crippen LogP contribution in [0.5, 0.6) is 0 Å². The number of para-hydroxylation sites is 1. The van der Waals surface area contributed by atoms with E-state index in [9.17, 15) is 0 Å². The zero-order valence-corrected chi connectivity index (χ0v) is 13.1. The number of rotatable bonds is 6. The van der Waals surface area contributed by atoms with E-state index in [1.807, 2.05) is 18.4 Å². The second kappa shape index (κ2) is 6.83. The summed E-state index contributed by atoms with van der Waals surface area (Å²) >= 11 is 1.82. The van der Waals surface area contributed by atoms with Crippen molar-refractivity contribution in [2.24, 2.45) is 5.92 Å². The first-order valence-corrected chi connectivity index (χ1v) is 8.20. The molecule has 0 radical (unpaired) electrons. The monoisotopic (exact) mass is 296 g/mol. The van der Waals surface area contributed by atoms with Gasteiger partial charge in [-0.05, 0) is 43.6 Å². The molecule has 0 saturated heterocycles. The molecule has 3 heteroatoms. The van der Waals surface area contributed by atoms with Gasteiger partial charge in [-0.25, -0.2) is 4.98 Å². The highest BCUT2D eigenvalue weighted by molar-refractivity contribution is 7.18. The summed E-state index contributed by atoms with van der Waals surface area (Å²) in [4.78, 5) is 4.77. The molecule has 0 fully saturated rings. The van der Waals surface area contributed by atoms with E-state index in [2.05, 4.69) is 59.9 Å². The van der Waals surface area contributed by atoms with Crippen molar-refractivity contribution in [3.05, 3.63) is 65.2 Å². The van der Waals surface area contributed by atoms with Crippen molar-refractivity contribution < 1.29 is 0 Å². The lowest BCUT2D eigenvalue weighted by Crippen LogP contribution is -2.22. The van der Waals surface area contributed by atoms with E-state index in [1.54, 1.807) is 0 Å². The highest BCUT2D eigenvalue weighted by atomic mass is 32.1. The number of nitrogens with one attached hydrogen (secondary N) is 1. The number of hydrogen-bond donors (Lipinski definition) is 1. The predicted molar refractivity (Wildman–Crippen MR) is 90.9 cm³/mol. The summed E-state index contributed by atoms with van der Waals surface area (Å²) in [7, 11) is 2.02. The zero-order valence-electron chi connectivity index (χ0n) is 12.3. The first-order chi connectivity index (χ1) is 10.3. The van der Waals surface area contributed by atoms with Gasteiger partial charge in [0.05, 0.1) is 15.2 Å². The summed E-state index contributed by atoms with van der Waals surface area (Å²) in [5.41, 5.74) is 2.53. The largest absolute Gasteiger partial charge is 0.319 e. The summed E-state index contributed by atoms with van der Waals surface area (Å²) < 4.78 is 1.29. The minimum atomic E-state index is 0.581. The van der Waals surface area contributed by atoms with Crippen LogP contribution in [0.1, 0.15) is 10.6 Å². The highest BCUT2D eigenvalue weighted by Crippen LogP contribution is 2.24. The summed E-state index contributed by atoms with van der Waals surface area (Å²) in [6, 6.07) is 19.1. The normalized spacial score (nSPS) is 12.6. The zero-order chi connectivity index (χ0) is 14.5. The molecule has 1 heterocycles. The fourth-order valence-corrected chi connectivity index (χ4v) is 3.79. The summed E-state index contributed by atoms with van der Waals surface area (Å²) in [5, 5.41) is 4.56. The molecule has 1 N–H and O–H groups in total. The van der Waals surface area contributed by atoms with Crippen molar-refractivity contribution in [2.45, 2.75) is 12.8 Å². The van der Waals surface area contributed by atoms with Gasteiger partial charge in [0.2, 0.25) is 0 Å². The quantitative estimate of drug-likeness (QED) is 0.746. The second-order valence-corrected chi connectivity index (χ2v) is 6.51. The third kappa shape index (κ3) is 3.69. The number of fused-ring (bicyclic) bond motifs is 1. The van der Waals surface area contributed by atoms with Crippen LogP contribution in [0.2, 0.25) is 0 Å². The maximum atomic E-state index is 4.77. The van der Waals surface area contributed by atoms with Crippen LogP contribution in [0, 0.1) is 5.92 Å². The molecule has 0 bridgehead atoms.